The van der Waals surface area contributed by atoms with E-state index in [1.807, 2.05) is 31.2 Å². The lowest BCUT2D eigenvalue weighted by molar-refractivity contribution is 0.0963. The molecule has 1 amide bonds. The first-order chi connectivity index (χ1) is 12.2. The molecule has 1 rings (SSSR count). The minimum absolute atomic E-state index is 0. The van der Waals surface area contributed by atoms with Crippen LogP contribution in [-0.2, 0) is 11.2 Å². The van der Waals surface area contributed by atoms with Gasteiger partial charge < -0.3 is 20.7 Å². The summed E-state index contributed by atoms with van der Waals surface area (Å²) in [7, 11) is 1.64. The van der Waals surface area contributed by atoms with E-state index >= 15 is 0 Å². The number of hydrogen-bond acceptors (Lipinski definition) is 3. The quantitative estimate of drug-likeness (QED) is 0.199. The maximum absolute atomic E-state index is 11.7. The van der Waals surface area contributed by atoms with Gasteiger partial charge in [0, 0.05) is 45.5 Å². The molecule has 0 saturated heterocycles. The summed E-state index contributed by atoms with van der Waals surface area (Å²) >= 11 is 0. The zero-order valence-corrected chi connectivity index (χ0v) is 18.5. The smallest absolute Gasteiger partial charge is 0.251 e. The lowest BCUT2D eigenvalue weighted by Crippen LogP contribution is -2.38. The number of carbonyl (C=O) groups excluding carboxylic acids is 1. The van der Waals surface area contributed by atoms with E-state index < -0.39 is 0 Å². The van der Waals surface area contributed by atoms with E-state index in [4.69, 9.17) is 4.74 Å². The summed E-state index contributed by atoms with van der Waals surface area (Å²) in [5.74, 6) is 0.776. The molecule has 0 atom stereocenters. The third kappa shape index (κ3) is 10.6. The SMILES string of the molecule is CCNC(=NCCCCOCC)NCCc1cccc(C(=O)NC)c1.I. The Bertz CT molecular complexity index is 538. The van der Waals surface area contributed by atoms with E-state index in [9.17, 15) is 4.79 Å². The number of nitrogens with zero attached hydrogens (tertiary/aromatic N) is 1. The van der Waals surface area contributed by atoms with Crippen LogP contribution in [0.5, 0.6) is 0 Å². The van der Waals surface area contributed by atoms with E-state index in [0.29, 0.717) is 5.56 Å². The predicted molar refractivity (Wildman–Crippen MR) is 119 cm³/mol. The van der Waals surface area contributed by atoms with Gasteiger partial charge in [0.25, 0.3) is 5.91 Å². The van der Waals surface area contributed by atoms with E-state index in [0.717, 1.165) is 63.6 Å². The van der Waals surface area contributed by atoms with E-state index in [2.05, 4.69) is 27.9 Å². The molecule has 3 N–H and O–H groups in total. The summed E-state index contributed by atoms with van der Waals surface area (Å²) in [5.41, 5.74) is 1.82. The van der Waals surface area contributed by atoms with Crippen LogP contribution in [0.4, 0.5) is 0 Å². The van der Waals surface area contributed by atoms with Gasteiger partial charge >= 0.3 is 0 Å². The van der Waals surface area contributed by atoms with E-state index in [-0.39, 0.29) is 29.9 Å². The van der Waals surface area contributed by atoms with Crippen molar-refractivity contribution in [2.45, 2.75) is 33.1 Å². The van der Waals surface area contributed by atoms with E-state index in [1.165, 1.54) is 0 Å². The Labute approximate surface area is 174 Å². The summed E-state index contributed by atoms with van der Waals surface area (Å²) in [6, 6.07) is 7.70. The molecule has 1 aromatic carbocycles. The van der Waals surface area contributed by atoms with Crippen LogP contribution in [-0.4, -0.2) is 51.8 Å². The van der Waals surface area contributed by atoms with Crippen molar-refractivity contribution in [1.29, 1.82) is 0 Å². The Morgan fingerprint density at radius 1 is 1.19 bits per heavy atom. The summed E-state index contributed by atoms with van der Waals surface area (Å²) in [4.78, 5) is 16.3. The van der Waals surface area contributed by atoms with Crippen LogP contribution in [0.15, 0.2) is 29.3 Å². The van der Waals surface area contributed by atoms with Gasteiger partial charge in [-0.3, -0.25) is 9.79 Å². The molecule has 7 heteroatoms. The molecule has 0 aliphatic carbocycles. The summed E-state index contributed by atoms with van der Waals surface area (Å²) in [6.45, 7) is 8.02. The number of carbonyl (C=O) groups is 1. The molecule has 26 heavy (non-hydrogen) atoms. The van der Waals surface area contributed by atoms with Crippen molar-refractivity contribution in [3.8, 4) is 0 Å². The fourth-order valence-corrected chi connectivity index (χ4v) is 2.33. The van der Waals surface area contributed by atoms with Crippen molar-refractivity contribution in [2.75, 3.05) is 39.9 Å². The molecular weight excluding hydrogens is 443 g/mol. The molecule has 0 unspecified atom stereocenters. The first-order valence-corrected chi connectivity index (χ1v) is 9.12. The van der Waals surface area contributed by atoms with Crippen molar-refractivity contribution in [3.05, 3.63) is 35.4 Å². The third-order valence-corrected chi connectivity index (χ3v) is 3.64. The highest BCUT2D eigenvalue weighted by Gasteiger charge is 2.04. The maximum atomic E-state index is 11.7. The van der Waals surface area contributed by atoms with E-state index in [1.54, 1.807) is 7.05 Å². The van der Waals surface area contributed by atoms with Crippen molar-refractivity contribution in [1.82, 2.24) is 16.0 Å². The molecule has 6 nitrogen and oxygen atoms in total. The average molecular weight is 476 g/mol. The molecule has 0 fully saturated rings. The van der Waals surface area contributed by atoms with Crippen LogP contribution in [0.3, 0.4) is 0 Å². The number of benzene rings is 1. The van der Waals surface area contributed by atoms with Gasteiger partial charge in [-0.15, -0.1) is 24.0 Å². The largest absolute Gasteiger partial charge is 0.382 e. The van der Waals surface area contributed by atoms with Crippen molar-refractivity contribution in [3.63, 3.8) is 0 Å². The Hall–Kier alpha value is -1.35. The fraction of sp³-hybridized carbons (Fsp3) is 0.579. The third-order valence-electron chi connectivity index (χ3n) is 3.64. The minimum atomic E-state index is -0.0586. The van der Waals surface area contributed by atoms with Crippen molar-refractivity contribution >= 4 is 35.8 Å². The molecule has 0 aliphatic rings. The predicted octanol–water partition coefficient (Wildman–Crippen LogP) is 2.58. The van der Waals surface area contributed by atoms with Crippen molar-refractivity contribution in [2.24, 2.45) is 4.99 Å². The van der Waals surface area contributed by atoms with Crippen LogP contribution in [0.25, 0.3) is 0 Å². The molecular formula is C19H33IN4O2. The zero-order chi connectivity index (χ0) is 18.3. The van der Waals surface area contributed by atoms with Crippen LogP contribution >= 0.6 is 24.0 Å². The number of unbranched alkanes of at least 4 members (excludes halogenated alkanes) is 1. The number of aliphatic imine (C=N–C) groups is 1. The number of guanidine groups is 1. The number of ether oxygens (including phenoxy) is 1. The Kier molecular flexibility index (Phi) is 15.0. The Morgan fingerprint density at radius 2 is 2.00 bits per heavy atom. The van der Waals surface area contributed by atoms with Crippen LogP contribution in [0.1, 0.15) is 42.6 Å². The summed E-state index contributed by atoms with van der Waals surface area (Å²) in [5, 5.41) is 9.24. The first kappa shape index (κ1) is 24.7. The van der Waals surface area contributed by atoms with Gasteiger partial charge in [-0.05, 0) is 50.8 Å². The van der Waals surface area contributed by atoms with Gasteiger partial charge in [-0.2, -0.15) is 0 Å². The number of nitrogens with one attached hydrogen (secondary N) is 3. The number of halogens is 1. The molecule has 0 heterocycles. The molecule has 0 saturated carbocycles. The topological polar surface area (TPSA) is 74.8 Å². The molecule has 0 radical (unpaired) electrons. The highest BCUT2D eigenvalue weighted by molar-refractivity contribution is 14.0. The minimum Gasteiger partial charge on any atom is -0.382 e. The van der Waals surface area contributed by atoms with Gasteiger partial charge in [0.05, 0.1) is 0 Å². The second-order valence-electron chi connectivity index (χ2n) is 5.62. The molecule has 0 spiro atoms. The number of hydrogen-bond donors (Lipinski definition) is 3. The van der Waals surface area contributed by atoms with Gasteiger partial charge in [0.1, 0.15) is 0 Å². The molecule has 0 bridgehead atoms. The highest BCUT2D eigenvalue weighted by Crippen LogP contribution is 2.05. The first-order valence-electron chi connectivity index (χ1n) is 9.12. The zero-order valence-electron chi connectivity index (χ0n) is 16.1. The van der Waals surface area contributed by atoms with Gasteiger partial charge in [0.15, 0.2) is 5.96 Å². The highest BCUT2D eigenvalue weighted by atomic mass is 127. The number of amides is 1. The van der Waals surface area contributed by atoms with Gasteiger partial charge in [-0.1, -0.05) is 12.1 Å². The standard InChI is InChI=1S/C19H32N4O2.HI/c1-4-21-19(22-12-6-7-14-25-5-2)23-13-11-16-9-8-10-17(15-16)18(24)20-3;/h8-10,15H,4-7,11-14H2,1-3H3,(H,20,24)(H2,21,22,23);1H. The summed E-state index contributed by atoms with van der Waals surface area (Å²) in [6.07, 6.45) is 2.88. The number of rotatable bonds is 11. The van der Waals surface area contributed by atoms with Gasteiger partial charge in [0.2, 0.25) is 0 Å². The molecule has 1 aromatic rings. The van der Waals surface area contributed by atoms with Crippen molar-refractivity contribution < 1.29 is 9.53 Å². The fourth-order valence-electron chi connectivity index (χ4n) is 2.33. The average Bonchev–Trinajstić information content (AvgIpc) is 2.64. The van der Waals surface area contributed by atoms with Crippen LogP contribution < -0.4 is 16.0 Å². The molecule has 0 aliphatic heterocycles. The van der Waals surface area contributed by atoms with Gasteiger partial charge in [-0.25, -0.2) is 0 Å². The Morgan fingerprint density at radius 3 is 2.69 bits per heavy atom. The lowest BCUT2D eigenvalue weighted by Gasteiger charge is -2.11. The molecule has 148 valence electrons. The second kappa shape index (κ2) is 15.9. The molecule has 0 aromatic heterocycles. The lowest BCUT2D eigenvalue weighted by atomic mass is 10.1. The maximum Gasteiger partial charge on any atom is 0.251 e. The monoisotopic (exact) mass is 476 g/mol. The summed E-state index contributed by atoms with van der Waals surface area (Å²) < 4.78 is 5.33. The van der Waals surface area contributed by atoms with Crippen LogP contribution in [0.2, 0.25) is 0 Å². The second-order valence-corrected chi connectivity index (χ2v) is 5.62. The Balaban J connectivity index is 0.00000625. The van der Waals surface area contributed by atoms with Crippen LogP contribution in [0, 0.1) is 0 Å². The normalized spacial score (nSPS) is 10.8.